The summed E-state index contributed by atoms with van der Waals surface area (Å²) in [6.45, 7) is 7.53. The van der Waals surface area contributed by atoms with Crippen molar-refractivity contribution >= 4 is 6.09 Å². The van der Waals surface area contributed by atoms with Gasteiger partial charge in [0, 0.05) is 19.6 Å². The van der Waals surface area contributed by atoms with Gasteiger partial charge in [0.25, 0.3) is 0 Å². The van der Waals surface area contributed by atoms with E-state index in [9.17, 15) is 4.79 Å². The summed E-state index contributed by atoms with van der Waals surface area (Å²) in [6.07, 6.45) is 1.25. The third kappa shape index (κ3) is 3.60. The highest BCUT2D eigenvalue weighted by Crippen LogP contribution is 2.22. The van der Waals surface area contributed by atoms with Gasteiger partial charge < -0.3 is 10.1 Å². The molecular weight excluding hydrogens is 246 g/mol. The Balaban J connectivity index is 2.15. The Morgan fingerprint density at radius 1 is 1.53 bits per heavy atom. The summed E-state index contributed by atoms with van der Waals surface area (Å²) in [7, 11) is 0. The summed E-state index contributed by atoms with van der Waals surface area (Å²) >= 11 is 0. The minimum absolute atomic E-state index is 0.168. The zero-order valence-electron chi connectivity index (χ0n) is 11.5. The molecule has 1 N–H and O–H groups in total. The molecule has 1 aliphatic heterocycles. The number of piperazine rings is 1. The van der Waals surface area contributed by atoms with Crippen LogP contribution in [0.5, 0.6) is 0 Å². The van der Waals surface area contributed by atoms with Crippen LogP contribution in [-0.4, -0.2) is 51.6 Å². The molecule has 1 fully saturated rings. The van der Waals surface area contributed by atoms with Crippen LogP contribution in [0, 0.1) is 0 Å². The molecule has 7 heteroatoms. The Kier molecular flexibility index (Phi) is 3.94. The third-order valence-corrected chi connectivity index (χ3v) is 2.74. The van der Waals surface area contributed by atoms with Crippen LogP contribution in [0.25, 0.3) is 0 Å². The zero-order chi connectivity index (χ0) is 13.9. The standard InChI is InChI=1S/C12H19N5O2/c1-12(2,3)19-11(18)17-7-6-13-8-10(17)9-4-5-14-16-15-9/h4-5,10,13H,6-8H2,1-3H3. The molecule has 1 saturated heterocycles. The van der Waals surface area contributed by atoms with E-state index in [-0.39, 0.29) is 12.1 Å². The molecule has 1 atom stereocenters. The van der Waals surface area contributed by atoms with Crippen molar-refractivity contribution in [3.63, 3.8) is 0 Å². The van der Waals surface area contributed by atoms with E-state index >= 15 is 0 Å². The summed E-state index contributed by atoms with van der Waals surface area (Å²) in [4.78, 5) is 13.9. The van der Waals surface area contributed by atoms with Crippen molar-refractivity contribution in [2.75, 3.05) is 19.6 Å². The molecule has 2 rings (SSSR count). The van der Waals surface area contributed by atoms with Crippen LogP contribution in [0.4, 0.5) is 4.79 Å². The van der Waals surface area contributed by atoms with Gasteiger partial charge in [0.15, 0.2) is 0 Å². The number of hydrogen-bond acceptors (Lipinski definition) is 6. The minimum Gasteiger partial charge on any atom is -0.444 e. The summed E-state index contributed by atoms with van der Waals surface area (Å²) < 4.78 is 5.42. The molecule has 1 aromatic rings. The van der Waals surface area contributed by atoms with Crippen molar-refractivity contribution in [1.82, 2.24) is 25.6 Å². The number of aromatic nitrogens is 3. The smallest absolute Gasteiger partial charge is 0.410 e. The van der Waals surface area contributed by atoms with E-state index in [0.29, 0.717) is 18.8 Å². The Bertz CT molecular complexity index is 431. The van der Waals surface area contributed by atoms with E-state index in [1.165, 1.54) is 0 Å². The molecule has 1 unspecified atom stereocenters. The number of nitrogens with one attached hydrogen (secondary N) is 1. The molecule has 0 aromatic carbocycles. The van der Waals surface area contributed by atoms with E-state index in [1.807, 2.05) is 20.8 Å². The first-order chi connectivity index (χ1) is 8.97. The average Bonchev–Trinajstić information content (AvgIpc) is 2.38. The van der Waals surface area contributed by atoms with Crippen LogP contribution >= 0.6 is 0 Å². The van der Waals surface area contributed by atoms with Gasteiger partial charge in [-0.3, -0.25) is 4.90 Å². The van der Waals surface area contributed by atoms with Crippen LogP contribution < -0.4 is 5.32 Å². The molecule has 0 bridgehead atoms. The maximum Gasteiger partial charge on any atom is 0.410 e. The molecule has 1 aliphatic rings. The number of rotatable bonds is 1. The fourth-order valence-corrected chi connectivity index (χ4v) is 1.94. The van der Waals surface area contributed by atoms with Crippen LogP contribution in [0.15, 0.2) is 12.3 Å². The zero-order valence-corrected chi connectivity index (χ0v) is 11.5. The summed E-state index contributed by atoms with van der Waals surface area (Å²) in [5.41, 5.74) is 0.212. The molecule has 1 amide bonds. The maximum absolute atomic E-state index is 12.2. The summed E-state index contributed by atoms with van der Waals surface area (Å²) in [6, 6.07) is 1.60. The second-order valence-corrected chi connectivity index (χ2v) is 5.44. The van der Waals surface area contributed by atoms with Crippen molar-refractivity contribution in [3.8, 4) is 0 Å². The van der Waals surface area contributed by atoms with Gasteiger partial charge in [-0.05, 0) is 32.1 Å². The predicted molar refractivity (Wildman–Crippen MR) is 68.4 cm³/mol. The Hall–Kier alpha value is -1.76. The van der Waals surface area contributed by atoms with Gasteiger partial charge in [0.1, 0.15) is 5.60 Å². The molecule has 19 heavy (non-hydrogen) atoms. The average molecular weight is 265 g/mol. The Morgan fingerprint density at radius 2 is 2.32 bits per heavy atom. The monoisotopic (exact) mass is 265 g/mol. The lowest BCUT2D eigenvalue weighted by molar-refractivity contribution is 0.0112. The first kappa shape index (κ1) is 13.7. The topological polar surface area (TPSA) is 80.2 Å². The maximum atomic E-state index is 12.2. The highest BCUT2D eigenvalue weighted by atomic mass is 16.6. The highest BCUT2D eigenvalue weighted by molar-refractivity contribution is 5.69. The second-order valence-electron chi connectivity index (χ2n) is 5.44. The predicted octanol–water partition coefficient (Wildman–Crippen LogP) is 0.753. The molecule has 0 saturated carbocycles. The molecular formula is C12H19N5O2. The molecule has 2 heterocycles. The lowest BCUT2D eigenvalue weighted by atomic mass is 10.1. The lowest BCUT2D eigenvalue weighted by Crippen LogP contribution is -2.50. The first-order valence-corrected chi connectivity index (χ1v) is 6.32. The van der Waals surface area contributed by atoms with E-state index in [1.54, 1.807) is 17.2 Å². The van der Waals surface area contributed by atoms with Gasteiger partial charge in [-0.2, -0.15) is 0 Å². The first-order valence-electron chi connectivity index (χ1n) is 6.32. The summed E-state index contributed by atoms with van der Waals surface area (Å²) in [5, 5.41) is 14.5. The Morgan fingerprint density at radius 3 is 2.95 bits per heavy atom. The van der Waals surface area contributed by atoms with Crippen molar-refractivity contribution in [1.29, 1.82) is 0 Å². The second kappa shape index (κ2) is 5.48. The normalized spacial score (nSPS) is 20.2. The van der Waals surface area contributed by atoms with Gasteiger partial charge in [-0.25, -0.2) is 4.79 Å². The third-order valence-electron chi connectivity index (χ3n) is 2.74. The number of hydrogen-bond donors (Lipinski definition) is 1. The van der Waals surface area contributed by atoms with Gasteiger partial charge in [0.05, 0.1) is 17.9 Å². The molecule has 0 spiro atoms. The van der Waals surface area contributed by atoms with Gasteiger partial charge >= 0.3 is 6.09 Å². The van der Waals surface area contributed by atoms with Crippen molar-refractivity contribution in [2.24, 2.45) is 0 Å². The number of carbonyl (C=O) groups excluding carboxylic acids is 1. The van der Waals surface area contributed by atoms with E-state index < -0.39 is 5.60 Å². The lowest BCUT2D eigenvalue weighted by Gasteiger charge is -2.36. The van der Waals surface area contributed by atoms with Crippen LogP contribution in [0.1, 0.15) is 32.5 Å². The quantitative estimate of drug-likeness (QED) is 0.807. The van der Waals surface area contributed by atoms with Gasteiger partial charge in [-0.1, -0.05) is 0 Å². The van der Waals surface area contributed by atoms with Gasteiger partial charge in [-0.15, -0.1) is 10.2 Å². The van der Waals surface area contributed by atoms with E-state index in [0.717, 1.165) is 6.54 Å². The molecule has 0 aliphatic carbocycles. The van der Waals surface area contributed by atoms with Crippen molar-refractivity contribution in [2.45, 2.75) is 32.4 Å². The highest BCUT2D eigenvalue weighted by Gasteiger charge is 2.32. The van der Waals surface area contributed by atoms with Crippen LogP contribution in [-0.2, 0) is 4.74 Å². The molecule has 7 nitrogen and oxygen atoms in total. The minimum atomic E-state index is -0.504. The van der Waals surface area contributed by atoms with E-state index in [2.05, 4.69) is 20.7 Å². The largest absolute Gasteiger partial charge is 0.444 e. The summed E-state index contributed by atoms with van der Waals surface area (Å²) in [5.74, 6) is 0. The number of nitrogens with zero attached hydrogens (tertiary/aromatic N) is 4. The van der Waals surface area contributed by atoms with Crippen LogP contribution in [0.2, 0.25) is 0 Å². The SMILES string of the molecule is CC(C)(C)OC(=O)N1CCNCC1c1ccnnn1. The molecule has 104 valence electrons. The molecule has 1 aromatic heterocycles. The van der Waals surface area contributed by atoms with Crippen molar-refractivity contribution < 1.29 is 9.53 Å². The fourth-order valence-electron chi connectivity index (χ4n) is 1.94. The molecule has 0 radical (unpaired) electrons. The Labute approximate surface area is 112 Å². The number of ether oxygens (including phenoxy) is 1. The van der Waals surface area contributed by atoms with Crippen molar-refractivity contribution in [3.05, 3.63) is 18.0 Å². The van der Waals surface area contributed by atoms with Crippen LogP contribution in [0.3, 0.4) is 0 Å². The van der Waals surface area contributed by atoms with Gasteiger partial charge in [0.2, 0.25) is 0 Å². The number of amides is 1. The van der Waals surface area contributed by atoms with E-state index in [4.69, 9.17) is 4.74 Å². The number of carbonyl (C=O) groups is 1. The fraction of sp³-hybridized carbons (Fsp3) is 0.667.